The molecule has 2 aromatic carbocycles. The van der Waals surface area contributed by atoms with Crippen molar-refractivity contribution in [1.82, 2.24) is 24.8 Å². The van der Waals surface area contributed by atoms with Crippen molar-refractivity contribution in [2.45, 2.75) is 64.4 Å². The molecule has 0 aliphatic carbocycles. The Balaban J connectivity index is 0.000000412. The van der Waals surface area contributed by atoms with Crippen molar-refractivity contribution in [2.24, 2.45) is 0 Å². The molecule has 50 heavy (non-hydrogen) atoms. The number of phenolic OH excluding ortho intramolecular Hbond substituents is 1. The van der Waals surface area contributed by atoms with Gasteiger partial charge >= 0.3 is 6.01 Å². The molecule has 5 heterocycles. The number of anilines is 2. The predicted molar refractivity (Wildman–Crippen MR) is 187 cm³/mol. The van der Waals surface area contributed by atoms with Crippen molar-refractivity contribution in [1.29, 1.82) is 0 Å². The van der Waals surface area contributed by atoms with Gasteiger partial charge in [-0.1, -0.05) is 18.1 Å². The number of nitrogens with zero attached hydrogens (tertiary/aromatic N) is 5. The fourth-order valence-corrected chi connectivity index (χ4v) is 6.66. The average molecular weight is 686 g/mol. The van der Waals surface area contributed by atoms with Crippen LogP contribution in [0.3, 0.4) is 0 Å². The standard InChI is InChI=1S/C30H26F2N6O3.C7H12FN/c1-6-18-21(31)10-9-16-12-17(39)13-20(22(16)18)25-24(32)26-23(29(36-25)41-14(2)3)28(38-30(37-26)40-5)35-15(4)19-8-7-11-34-27(19)33;8-6-4-7-2-1-3-9(7)5-6/h1,7-15,39H,2-5H3,(H2,33,34)(H,35,37,38);6-7H,1-5H2. The molecule has 2 saturated heterocycles. The number of phenols is 1. The first-order chi connectivity index (χ1) is 24.0. The fourth-order valence-electron chi connectivity index (χ4n) is 6.66. The van der Waals surface area contributed by atoms with Crippen molar-refractivity contribution >= 4 is 33.3 Å². The minimum atomic E-state index is -0.882. The van der Waals surface area contributed by atoms with E-state index in [4.69, 9.17) is 21.6 Å². The number of hydrogen-bond donors (Lipinski definition) is 3. The molecule has 2 aliphatic heterocycles. The van der Waals surface area contributed by atoms with Gasteiger partial charge in [0.1, 0.15) is 46.0 Å². The summed E-state index contributed by atoms with van der Waals surface area (Å²) < 4.78 is 55.2. The van der Waals surface area contributed by atoms with E-state index in [0.29, 0.717) is 29.4 Å². The number of fused-ring (bicyclic) bond motifs is 3. The molecular formula is C37H38F3N7O3. The molecule has 0 radical (unpaired) electrons. The highest BCUT2D eigenvalue weighted by molar-refractivity contribution is 6.04. The molecule has 2 aliphatic rings. The molecule has 4 N–H and O–H groups in total. The summed E-state index contributed by atoms with van der Waals surface area (Å²) in [6.45, 7) is 7.25. The van der Waals surface area contributed by atoms with Crippen LogP contribution in [0.15, 0.2) is 42.6 Å². The van der Waals surface area contributed by atoms with E-state index in [2.05, 4.69) is 36.1 Å². The van der Waals surface area contributed by atoms with Crippen LogP contribution in [0.2, 0.25) is 0 Å². The van der Waals surface area contributed by atoms with Gasteiger partial charge in [-0.3, -0.25) is 4.90 Å². The van der Waals surface area contributed by atoms with Crippen LogP contribution in [-0.4, -0.2) is 68.5 Å². The summed E-state index contributed by atoms with van der Waals surface area (Å²) >= 11 is 0. The van der Waals surface area contributed by atoms with Crippen LogP contribution in [0.4, 0.5) is 24.8 Å². The van der Waals surface area contributed by atoms with Gasteiger partial charge in [0, 0.05) is 35.3 Å². The monoisotopic (exact) mass is 685 g/mol. The molecule has 260 valence electrons. The molecule has 10 nitrogen and oxygen atoms in total. The summed E-state index contributed by atoms with van der Waals surface area (Å²) in [5, 5.41) is 14.4. The van der Waals surface area contributed by atoms with Crippen LogP contribution in [0, 0.1) is 24.0 Å². The topological polar surface area (TPSA) is 132 Å². The molecule has 13 heteroatoms. The highest BCUT2D eigenvalue weighted by Gasteiger charge is 2.34. The summed E-state index contributed by atoms with van der Waals surface area (Å²) in [5.74, 6) is 1.07. The van der Waals surface area contributed by atoms with E-state index in [1.807, 2.05) is 6.92 Å². The van der Waals surface area contributed by atoms with Crippen LogP contribution in [0.1, 0.15) is 57.2 Å². The predicted octanol–water partition coefficient (Wildman–Crippen LogP) is 6.95. The number of alkyl halides is 1. The fraction of sp³-hybridized carbons (Fsp3) is 0.351. The third kappa shape index (κ3) is 6.76. The first-order valence-corrected chi connectivity index (χ1v) is 16.4. The van der Waals surface area contributed by atoms with Crippen molar-refractivity contribution in [3.05, 3.63) is 65.4 Å². The Morgan fingerprint density at radius 1 is 1.12 bits per heavy atom. The van der Waals surface area contributed by atoms with Crippen LogP contribution in [0.25, 0.3) is 32.9 Å². The number of nitrogens with one attached hydrogen (secondary N) is 1. The second-order valence-electron chi connectivity index (χ2n) is 12.7. The molecule has 3 atom stereocenters. The van der Waals surface area contributed by atoms with Crippen molar-refractivity contribution in [3.8, 4) is 41.2 Å². The number of nitrogens with two attached hydrogens (primary N) is 1. The zero-order valence-electron chi connectivity index (χ0n) is 28.2. The zero-order valence-corrected chi connectivity index (χ0v) is 28.2. The van der Waals surface area contributed by atoms with Crippen molar-refractivity contribution < 1.29 is 27.8 Å². The van der Waals surface area contributed by atoms with E-state index in [1.165, 1.54) is 44.2 Å². The van der Waals surface area contributed by atoms with Gasteiger partial charge in [0.15, 0.2) is 5.82 Å². The second-order valence-corrected chi connectivity index (χ2v) is 12.7. The van der Waals surface area contributed by atoms with E-state index in [-0.39, 0.29) is 62.7 Å². The first-order valence-electron chi connectivity index (χ1n) is 16.4. The summed E-state index contributed by atoms with van der Waals surface area (Å²) in [7, 11) is 1.35. The van der Waals surface area contributed by atoms with Gasteiger partial charge in [0.2, 0.25) is 5.88 Å². The van der Waals surface area contributed by atoms with Gasteiger partial charge in [-0.25, -0.2) is 23.1 Å². The summed E-state index contributed by atoms with van der Waals surface area (Å²) in [6, 6.07) is 8.91. The maximum absolute atomic E-state index is 16.5. The van der Waals surface area contributed by atoms with E-state index >= 15 is 4.39 Å². The maximum Gasteiger partial charge on any atom is 0.318 e. The molecule has 0 bridgehead atoms. The average Bonchev–Trinajstić information content (AvgIpc) is 3.67. The molecule has 5 aromatic rings. The van der Waals surface area contributed by atoms with Gasteiger partial charge in [0.05, 0.1) is 24.8 Å². The molecule has 0 amide bonds. The van der Waals surface area contributed by atoms with Gasteiger partial charge in [-0.15, -0.1) is 6.42 Å². The minimum Gasteiger partial charge on any atom is -0.508 e. The molecule has 3 unspecified atom stereocenters. The number of ether oxygens (including phenoxy) is 2. The lowest BCUT2D eigenvalue weighted by molar-refractivity contribution is 0.236. The Kier molecular flexibility index (Phi) is 9.83. The summed E-state index contributed by atoms with van der Waals surface area (Å²) in [4.78, 5) is 19.6. The Labute approximate surface area is 287 Å². The maximum atomic E-state index is 16.5. The third-order valence-electron chi connectivity index (χ3n) is 8.86. The van der Waals surface area contributed by atoms with E-state index in [9.17, 15) is 13.9 Å². The molecule has 0 saturated carbocycles. The Hall–Kier alpha value is -5.35. The lowest BCUT2D eigenvalue weighted by atomic mass is 9.95. The van der Waals surface area contributed by atoms with Gasteiger partial charge in [-0.2, -0.15) is 9.97 Å². The number of benzene rings is 2. The van der Waals surface area contributed by atoms with Crippen LogP contribution in [-0.2, 0) is 0 Å². The van der Waals surface area contributed by atoms with Crippen LogP contribution in [0.5, 0.6) is 17.6 Å². The molecule has 3 aromatic heterocycles. The molecular weight excluding hydrogens is 647 g/mol. The number of terminal acetylenes is 1. The smallest absolute Gasteiger partial charge is 0.318 e. The SMILES string of the molecule is C#Cc1c(F)ccc2cc(O)cc(-c3nc(OC(C)C)c4c(NC(C)c5cccnc5N)nc(OC)nc4c3F)c12.FC1CC2CCCN2C1. The summed E-state index contributed by atoms with van der Waals surface area (Å²) in [5.41, 5.74) is 6.28. The molecule has 2 fully saturated rings. The highest BCUT2D eigenvalue weighted by Crippen LogP contribution is 2.42. The van der Waals surface area contributed by atoms with Crippen molar-refractivity contribution in [2.75, 3.05) is 31.2 Å². The van der Waals surface area contributed by atoms with Gasteiger partial charge in [0.25, 0.3) is 0 Å². The lowest BCUT2D eigenvalue weighted by Crippen LogP contribution is -2.22. The van der Waals surface area contributed by atoms with E-state index in [1.54, 1.807) is 32.2 Å². The van der Waals surface area contributed by atoms with Gasteiger partial charge in [-0.05, 0) is 76.2 Å². The minimum absolute atomic E-state index is 0.00179. The number of aromatic nitrogens is 4. The molecule has 7 rings (SSSR count). The Morgan fingerprint density at radius 2 is 1.92 bits per heavy atom. The zero-order chi connectivity index (χ0) is 35.7. The van der Waals surface area contributed by atoms with Crippen LogP contribution < -0.4 is 20.5 Å². The molecule has 0 spiro atoms. The Bertz CT molecular complexity index is 2090. The number of methoxy groups -OCH3 is 1. The number of pyridine rings is 2. The number of nitrogen functional groups attached to an aromatic ring is 1. The first kappa shape index (κ1) is 34.5. The number of aromatic hydroxyl groups is 1. The number of hydrogen-bond acceptors (Lipinski definition) is 10. The van der Waals surface area contributed by atoms with Crippen molar-refractivity contribution in [3.63, 3.8) is 0 Å². The highest BCUT2D eigenvalue weighted by atomic mass is 19.1. The number of rotatable bonds is 7. The summed E-state index contributed by atoms with van der Waals surface area (Å²) in [6.07, 6.45) is 9.64. The third-order valence-corrected chi connectivity index (χ3v) is 8.86. The largest absolute Gasteiger partial charge is 0.508 e. The second kappa shape index (κ2) is 14.2. The lowest BCUT2D eigenvalue weighted by Gasteiger charge is -2.21. The van der Waals surface area contributed by atoms with Crippen LogP contribution >= 0.6 is 0 Å². The normalized spacial score (nSPS) is 17.7. The number of halogens is 3. The van der Waals surface area contributed by atoms with E-state index < -0.39 is 23.8 Å². The quantitative estimate of drug-likeness (QED) is 0.155. The Morgan fingerprint density at radius 3 is 2.62 bits per heavy atom. The van der Waals surface area contributed by atoms with Gasteiger partial charge < -0.3 is 25.6 Å². The van der Waals surface area contributed by atoms with E-state index in [0.717, 1.165) is 13.0 Å².